The highest BCUT2D eigenvalue weighted by atomic mass is 35.5. The molecule has 31 heavy (non-hydrogen) atoms. The Kier molecular flexibility index (Phi) is 7.69. The minimum Gasteiger partial charge on any atom is -0.495 e. The van der Waals surface area contributed by atoms with E-state index in [0.717, 1.165) is 5.56 Å². The third-order valence-corrected chi connectivity index (χ3v) is 6.36. The number of hydrogen-bond acceptors (Lipinski definition) is 6. The second kappa shape index (κ2) is 10.3. The summed E-state index contributed by atoms with van der Waals surface area (Å²) in [5.41, 5.74) is 1.41. The van der Waals surface area contributed by atoms with Crippen LogP contribution in [-0.2, 0) is 18.4 Å². The van der Waals surface area contributed by atoms with Crippen molar-refractivity contribution in [1.82, 2.24) is 14.8 Å². The molecule has 0 saturated carbocycles. The third-order valence-electron chi connectivity index (χ3n) is 4.51. The number of amides is 1. The van der Waals surface area contributed by atoms with Crippen LogP contribution in [-0.4, -0.2) is 33.0 Å². The van der Waals surface area contributed by atoms with Crippen LogP contribution < -0.4 is 14.8 Å². The molecular weight excluding hydrogens is 459 g/mol. The fourth-order valence-electron chi connectivity index (χ4n) is 2.65. The van der Waals surface area contributed by atoms with E-state index in [4.69, 9.17) is 32.7 Å². The highest BCUT2D eigenvalue weighted by Gasteiger charge is 2.21. The van der Waals surface area contributed by atoms with E-state index in [-0.39, 0.29) is 12.5 Å². The largest absolute Gasteiger partial charge is 0.495 e. The number of aryl methyl sites for hydroxylation is 1. The number of ether oxygens (including phenoxy) is 2. The second-order valence-electron chi connectivity index (χ2n) is 6.73. The van der Waals surface area contributed by atoms with Crippen molar-refractivity contribution in [2.24, 2.45) is 7.05 Å². The molecule has 0 spiro atoms. The third kappa shape index (κ3) is 5.64. The number of nitrogens with one attached hydrogen (secondary N) is 1. The van der Waals surface area contributed by atoms with Gasteiger partial charge in [0.25, 0.3) is 0 Å². The van der Waals surface area contributed by atoms with Gasteiger partial charge in [0.2, 0.25) is 5.91 Å². The van der Waals surface area contributed by atoms with Crippen LogP contribution >= 0.6 is 35.0 Å². The normalized spacial score (nSPS) is 11.8. The summed E-state index contributed by atoms with van der Waals surface area (Å²) in [5.74, 6) is 1.49. The Labute approximate surface area is 195 Å². The summed E-state index contributed by atoms with van der Waals surface area (Å²) in [7, 11) is 3.35. The maximum absolute atomic E-state index is 12.7. The lowest BCUT2D eigenvalue weighted by Gasteiger charge is -2.15. The number of para-hydroxylation sites is 1. The topological polar surface area (TPSA) is 78.3 Å². The van der Waals surface area contributed by atoms with Crippen LogP contribution in [0.5, 0.6) is 11.5 Å². The van der Waals surface area contributed by atoms with Crippen molar-refractivity contribution >= 4 is 46.6 Å². The summed E-state index contributed by atoms with van der Waals surface area (Å²) in [6, 6.07) is 10.7. The number of rotatable bonds is 8. The first-order valence-electron chi connectivity index (χ1n) is 9.37. The van der Waals surface area contributed by atoms with E-state index >= 15 is 0 Å². The monoisotopic (exact) mass is 480 g/mol. The smallest absolute Gasteiger partial charge is 0.237 e. The van der Waals surface area contributed by atoms with Gasteiger partial charge in [-0.15, -0.1) is 10.2 Å². The van der Waals surface area contributed by atoms with E-state index in [2.05, 4.69) is 15.5 Å². The van der Waals surface area contributed by atoms with Gasteiger partial charge in [-0.25, -0.2) is 0 Å². The standard InChI is InChI=1S/C21H22Cl2N4O3S/c1-12-9-16(18(29-4)10-15(12)23)24-20(28)13(2)31-21-26-25-19(27(21)3)11-30-17-8-6-5-7-14(17)22/h5-10,13H,11H2,1-4H3,(H,24,28). The van der Waals surface area contributed by atoms with Gasteiger partial charge in [-0.1, -0.05) is 47.1 Å². The predicted molar refractivity (Wildman–Crippen MR) is 123 cm³/mol. The number of carbonyl (C=O) groups is 1. The first-order chi connectivity index (χ1) is 14.8. The lowest BCUT2D eigenvalue weighted by atomic mass is 10.2. The Morgan fingerprint density at radius 2 is 1.94 bits per heavy atom. The average Bonchev–Trinajstić information content (AvgIpc) is 3.09. The molecule has 1 heterocycles. The van der Waals surface area contributed by atoms with Crippen LogP contribution in [0.1, 0.15) is 18.3 Å². The summed E-state index contributed by atoms with van der Waals surface area (Å²) in [5, 5.41) is 12.5. The summed E-state index contributed by atoms with van der Waals surface area (Å²) in [6.45, 7) is 3.86. The molecule has 0 radical (unpaired) electrons. The molecule has 1 N–H and O–H groups in total. The summed E-state index contributed by atoms with van der Waals surface area (Å²) >= 11 is 13.5. The number of benzene rings is 2. The lowest BCUT2D eigenvalue weighted by molar-refractivity contribution is -0.115. The number of thioether (sulfide) groups is 1. The first-order valence-corrected chi connectivity index (χ1v) is 11.0. The Morgan fingerprint density at radius 1 is 1.19 bits per heavy atom. The molecule has 1 unspecified atom stereocenters. The van der Waals surface area contributed by atoms with Crippen molar-refractivity contribution in [2.75, 3.05) is 12.4 Å². The molecule has 0 aliphatic heterocycles. The highest BCUT2D eigenvalue weighted by molar-refractivity contribution is 8.00. The van der Waals surface area contributed by atoms with Crippen LogP contribution in [0.4, 0.5) is 5.69 Å². The molecule has 3 rings (SSSR count). The number of carbonyl (C=O) groups excluding carboxylic acids is 1. The number of methoxy groups -OCH3 is 1. The van der Waals surface area contributed by atoms with Gasteiger partial charge >= 0.3 is 0 Å². The molecule has 2 aromatic carbocycles. The molecule has 1 amide bonds. The number of aromatic nitrogens is 3. The summed E-state index contributed by atoms with van der Waals surface area (Å²) < 4.78 is 12.8. The van der Waals surface area contributed by atoms with Gasteiger partial charge < -0.3 is 19.4 Å². The average molecular weight is 481 g/mol. The number of halogens is 2. The van der Waals surface area contributed by atoms with Crippen molar-refractivity contribution in [3.8, 4) is 11.5 Å². The fourth-order valence-corrected chi connectivity index (χ4v) is 3.83. The molecular formula is C21H22Cl2N4O3S. The maximum atomic E-state index is 12.7. The van der Waals surface area contributed by atoms with E-state index in [9.17, 15) is 4.79 Å². The van der Waals surface area contributed by atoms with Crippen molar-refractivity contribution in [1.29, 1.82) is 0 Å². The van der Waals surface area contributed by atoms with Crippen molar-refractivity contribution in [2.45, 2.75) is 30.9 Å². The lowest BCUT2D eigenvalue weighted by Crippen LogP contribution is -2.23. The van der Waals surface area contributed by atoms with Gasteiger partial charge in [0.05, 0.1) is 23.1 Å². The van der Waals surface area contributed by atoms with E-state index in [0.29, 0.717) is 38.2 Å². The maximum Gasteiger partial charge on any atom is 0.237 e. The zero-order valence-corrected chi connectivity index (χ0v) is 19.8. The highest BCUT2D eigenvalue weighted by Crippen LogP contribution is 2.32. The Balaban J connectivity index is 1.64. The zero-order valence-electron chi connectivity index (χ0n) is 17.5. The number of hydrogen-bond donors (Lipinski definition) is 1. The van der Waals surface area contributed by atoms with E-state index < -0.39 is 5.25 Å². The molecule has 10 heteroatoms. The SMILES string of the molecule is COc1cc(Cl)c(C)cc1NC(=O)C(C)Sc1nnc(COc2ccccc2Cl)n1C. The van der Waals surface area contributed by atoms with Gasteiger partial charge in [-0.05, 0) is 37.6 Å². The fraction of sp³-hybridized carbons (Fsp3) is 0.286. The van der Waals surface area contributed by atoms with Gasteiger partial charge in [-0.3, -0.25) is 4.79 Å². The van der Waals surface area contributed by atoms with Crippen LogP contribution in [0.3, 0.4) is 0 Å². The molecule has 0 saturated heterocycles. The van der Waals surface area contributed by atoms with Crippen LogP contribution in [0.25, 0.3) is 0 Å². The molecule has 164 valence electrons. The first kappa shape index (κ1) is 23.2. The summed E-state index contributed by atoms with van der Waals surface area (Å²) in [4.78, 5) is 12.7. The van der Waals surface area contributed by atoms with Gasteiger partial charge in [0.15, 0.2) is 11.0 Å². The van der Waals surface area contributed by atoms with Crippen LogP contribution in [0, 0.1) is 6.92 Å². The molecule has 0 aliphatic carbocycles. The van der Waals surface area contributed by atoms with Crippen molar-refractivity contribution in [3.63, 3.8) is 0 Å². The van der Waals surface area contributed by atoms with Gasteiger partial charge in [0, 0.05) is 18.1 Å². The minimum absolute atomic E-state index is 0.193. The summed E-state index contributed by atoms with van der Waals surface area (Å²) in [6.07, 6.45) is 0. The zero-order chi connectivity index (χ0) is 22.5. The predicted octanol–water partition coefficient (Wildman–Crippen LogP) is 5.14. The molecule has 1 aromatic heterocycles. The van der Waals surface area contributed by atoms with Crippen molar-refractivity contribution in [3.05, 3.63) is 57.8 Å². The van der Waals surface area contributed by atoms with E-state index in [1.165, 1.54) is 18.9 Å². The Bertz CT molecular complexity index is 1090. The molecule has 0 aliphatic rings. The van der Waals surface area contributed by atoms with Gasteiger partial charge in [0.1, 0.15) is 18.1 Å². The van der Waals surface area contributed by atoms with Crippen LogP contribution in [0.15, 0.2) is 41.6 Å². The Morgan fingerprint density at radius 3 is 2.65 bits per heavy atom. The van der Waals surface area contributed by atoms with Crippen molar-refractivity contribution < 1.29 is 14.3 Å². The number of nitrogens with zero attached hydrogens (tertiary/aromatic N) is 3. The van der Waals surface area contributed by atoms with E-state index in [1.54, 1.807) is 35.8 Å². The molecule has 0 bridgehead atoms. The Hall–Kier alpha value is -2.42. The van der Waals surface area contributed by atoms with Crippen LogP contribution in [0.2, 0.25) is 10.0 Å². The quantitative estimate of drug-likeness (QED) is 0.449. The molecule has 0 fully saturated rings. The van der Waals surface area contributed by atoms with E-state index in [1.807, 2.05) is 26.1 Å². The molecule has 3 aromatic rings. The minimum atomic E-state index is -0.430. The van der Waals surface area contributed by atoms with Gasteiger partial charge in [-0.2, -0.15) is 0 Å². The second-order valence-corrected chi connectivity index (χ2v) is 8.85. The molecule has 1 atom stereocenters. The molecule has 7 nitrogen and oxygen atoms in total. The number of anilines is 1.